The van der Waals surface area contributed by atoms with E-state index in [4.69, 9.17) is 0 Å². The van der Waals surface area contributed by atoms with Gasteiger partial charge in [0, 0.05) is 19.2 Å². The largest absolute Gasteiger partial charge is 0.370 e. The first-order valence-corrected chi connectivity index (χ1v) is 5.63. The molecule has 0 bridgehead atoms. The van der Waals surface area contributed by atoms with Crippen LogP contribution in [0.15, 0.2) is 18.3 Å². The minimum absolute atomic E-state index is 0.108. The number of fused-ring (bicyclic) bond motifs is 1. The molecule has 0 amide bonds. The van der Waals surface area contributed by atoms with Gasteiger partial charge in [-0.05, 0) is 18.9 Å². The van der Waals surface area contributed by atoms with Crippen molar-refractivity contribution in [2.75, 3.05) is 18.0 Å². The summed E-state index contributed by atoms with van der Waals surface area (Å²) in [6.07, 6.45) is 3.87. The van der Waals surface area contributed by atoms with Crippen LogP contribution in [-0.4, -0.2) is 28.2 Å². The average Bonchev–Trinajstić information content (AvgIpc) is 2.98. The van der Waals surface area contributed by atoms with E-state index in [0.717, 1.165) is 24.3 Å². The van der Waals surface area contributed by atoms with E-state index in [0.29, 0.717) is 5.39 Å². The van der Waals surface area contributed by atoms with Crippen LogP contribution in [0, 0.1) is 10.1 Å². The van der Waals surface area contributed by atoms with Crippen LogP contribution in [-0.2, 0) is 0 Å². The van der Waals surface area contributed by atoms with Gasteiger partial charge >= 0.3 is 0 Å². The molecule has 0 unspecified atom stereocenters. The number of nitro benzene ring substituents is 1. The Morgan fingerprint density at radius 3 is 2.82 bits per heavy atom. The number of aromatic amines is 1. The molecule has 0 atom stereocenters. The molecule has 0 spiro atoms. The van der Waals surface area contributed by atoms with Crippen molar-refractivity contribution in [2.45, 2.75) is 12.8 Å². The topological polar surface area (TPSA) is 75.1 Å². The van der Waals surface area contributed by atoms with Gasteiger partial charge in [0.25, 0.3) is 5.69 Å². The Kier molecular flexibility index (Phi) is 2.21. The second kappa shape index (κ2) is 3.73. The maximum absolute atomic E-state index is 10.9. The highest BCUT2D eigenvalue weighted by molar-refractivity contribution is 5.96. The zero-order valence-corrected chi connectivity index (χ0v) is 9.22. The first-order chi connectivity index (χ1) is 8.27. The van der Waals surface area contributed by atoms with Crippen molar-refractivity contribution < 1.29 is 4.92 Å². The van der Waals surface area contributed by atoms with E-state index in [-0.39, 0.29) is 10.6 Å². The Morgan fingerprint density at radius 2 is 2.12 bits per heavy atom. The first-order valence-electron chi connectivity index (χ1n) is 5.63. The number of nitrogens with one attached hydrogen (secondary N) is 1. The van der Waals surface area contributed by atoms with Crippen LogP contribution >= 0.6 is 0 Å². The molecular weight excluding hydrogens is 220 g/mol. The highest BCUT2D eigenvalue weighted by Gasteiger charge is 2.20. The number of benzene rings is 1. The molecule has 0 radical (unpaired) electrons. The lowest BCUT2D eigenvalue weighted by molar-refractivity contribution is -0.383. The molecule has 0 saturated carbocycles. The summed E-state index contributed by atoms with van der Waals surface area (Å²) in [4.78, 5) is 12.8. The van der Waals surface area contributed by atoms with E-state index >= 15 is 0 Å². The molecule has 0 aliphatic carbocycles. The monoisotopic (exact) mass is 232 g/mol. The summed E-state index contributed by atoms with van der Waals surface area (Å²) < 4.78 is 0. The normalized spacial score (nSPS) is 15.6. The van der Waals surface area contributed by atoms with Crippen LogP contribution in [0.1, 0.15) is 12.8 Å². The van der Waals surface area contributed by atoms with E-state index in [2.05, 4.69) is 15.1 Å². The number of H-pyrrole nitrogens is 1. The predicted molar refractivity (Wildman–Crippen MR) is 64.2 cm³/mol. The molecule has 6 nitrogen and oxygen atoms in total. The van der Waals surface area contributed by atoms with Crippen LogP contribution in [0.2, 0.25) is 0 Å². The molecule has 1 aromatic heterocycles. The van der Waals surface area contributed by atoms with E-state index < -0.39 is 0 Å². The summed E-state index contributed by atoms with van der Waals surface area (Å²) in [7, 11) is 0. The molecule has 1 saturated heterocycles. The molecule has 6 heteroatoms. The van der Waals surface area contributed by atoms with Crippen molar-refractivity contribution in [3.63, 3.8) is 0 Å². The van der Waals surface area contributed by atoms with Crippen LogP contribution in [0.25, 0.3) is 10.9 Å². The number of rotatable bonds is 2. The maximum Gasteiger partial charge on any atom is 0.280 e. The van der Waals surface area contributed by atoms with Crippen LogP contribution in [0.5, 0.6) is 0 Å². The third-order valence-corrected chi connectivity index (χ3v) is 3.21. The van der Waals surface area contributed by atoms with Gasteiger partial charge in [0.1, 0.15) is 0 Å². The van der Waals surface area contributed by atoms with Crippen molar-refractivity contribution in [1.29, 1.82) is 0 Å². The fourth-order valence-corrected chi connectivity index (χ4v) is 2.39. The number of hydrogen-bond acceptors (Lipinski definition) is 4. The summed E-state index contributed by atoms with van der Waals surface area (Å²) in [6.45, 7) is 2.01. The van der Waals surface area contributed by atoms with Gasteiger partial charge in [-0.2, -0.15) is 5.10 Å². The van der Waals surface area contributed by atoms with E-state index in [1.165, 1.54) is 19.0 Å². The first kappa shape index (κ1) is 10.1. The lowest BCUT2D eigenvalue weighted by Gasteiger charge is -2.17. The molecule has 3 rings (SSSR count). The molecule has 1 aromatic carbocycles. The number of nitrogens with zero attached hydrogens (tertiary/aromatic N) is 3. The van der Waals surface area contributed by atoms with Gasteiger partial charge in [-0.1, -0.05) is 0 Å². The van der Waals surface area contributed by atoms with Crippen molar-refractivity contribution in [3.05, 3.63) is 28.4 Å². The quantitative estimate of drug-likeness (QED) is 0.635. The molecule has 1 aliphatic heterocycles. The number of nitro groups is 1. The Hall–Kier alpha value is -2.11. The minimum Gasteiger partial charge on any atom is -0.370 e. The van der Waals surface area contributed by atoms with Gasteiger partial charge in [0.15, 0.2) is 0 Å². The molecular formula is C11H12N4O2. The Labute approximate surface area is 97.4 Å². The maximum atomic E-state index is 10.9. The summed E-state index contributed by atoms with van der Waals surface area (Å²) in [5.74, 6) is 0. The van der Waals surface area contributed by atoms with Crippen molar-refractivity contribution >= 4 is 22.3 Å². The Balaban J connectivity index is 2.17. The standard InChI is InChI=1S/C11H12N4O2/c16-15(17)9-3-4-10(14-5-1-2-6-14)11-8(9)7-12-13-11/h3-4,7H,1-2,5-6H2,(H,12,13). The SMILES string of the molecule is O=[N+]([O-])c1ccc(N2CCCC2)c2[nH]ncc12. The second-order valence-corrected chi connectivity index (χ2v) is 4.21. The van der Waals surface area contributed by atoms with Gasteiger partial charge in [0.05, 0.1) is 27.7 Å². The average molecular weight is 232 g/mol. The molecule has 2 aromatic rings. The fraction of sp³-hybridized carbons (Fsp3) is 0.364. The highest BCUT2D eigenvalue weighted by Crippen LogP contribution is 2.33. The zero-order chi connectivity index (χ0) is 11.8. The summed E-state index contributed by atoms with van der Waals surface area (Å²) in [5.41, 5.74) is 1.89. The molecule has 1 aliphatic rings. The Morgan fingerprint density at radius 1 is 1.35 bits per heavy atom. The number of hydrogen-bond donors (Lipinski definition) is 1. The Bertz CT molecular complexity index is 572. The van der Waals surface area contributed by atoms with Crippen LogP contribution in [0.4, 0.5) is 11.4 Å². The third kappa shape index (κ3) is 1.52. The molecule has 2 heterocycles. The van der Waals surface area contributed by atoms with Gasteiger partial charge < -0.3 is 4.90 Å². The van der Waals surface area contributed by atoms with E-state index in [1.54, 1.807) is 6.07 Å². The van der Waals surface area contributed by atoms with Gasteiger partial charge in [-0.15, -0.1) is 0 Å². The van der Waals surface area contributed by atoms with Gasteiger partial charge in [-0.25, -0.2) is 0 Å². The molecule has 88 valence electrons. The van der Waals surface area contributed by atoms with E-state index in [1.807, 2.05) is 6.07 Å². The van der Waals surface area contributed by atoms with Crippen LogP contribution in [0.3, 0.4) is 0 Å². The molecule has 1 fully saturated rings. The summed E-state index contributed by atoms with van der Waals surface area (Å²) in [5, 5.41) is 18.3. The zero-order valence-electron chi connectivity index (χ0n) is 9.22. The smallest absolute Gasteiger partial charge is 0.280 e. The lowest BCUT2D eigenvalue weighted by atomic mass is 10.2. The highest BCUT2D eigenvalue weighted by atomic mass is 16.6. The number of anilines is 1. The van der Waals surface area contributed by atoms with Crippen molar-refractivity contribution in [1.82, 2.24) is 10.2 Å². The van der Waals surface area contributed by atoms with Crippen LogP contribution < -0.4 is 4.90 Å². The van der Waals surface area contributed by atoms with Gasteiger partial charge in [-0.3, -0.25) is 15.2 Å². The molecule has 1 N–H and O–H groups in total. The minimum atomic E-state index is -0.369. The second-order valence-electron chi connectivity index (χ2n) is 4.21. The van der Waals surface area contributed by atoms with E-state index in [9.17, 15) is 10.1 Å². The summed E-state index contributed by atoms with van der Waals surface area (Å²) >= 11 is 0. The summed E-state index contributed by atoms with van der Waals surface area (Å²) in [6, 6.07) is 3.37. The van der Waals surface area contributed by atoms with Gasteiger partial charge in [0.2, 0.25) is 0 Å². The molecule has 17 heavy (non-hydrogen) atoms. The van der Waals surface area contributed by atoms with Crippen molar-refractivity contribution in [2.24, 2.45) is 0 Å². The third-order valence-electron chi connectivity index (χ3n) is 3.21. The number of aromatic nitrogens is 2. The number of non-ortho nitro benzene ring substituents is 1. The van der Waals surface area contributed by atoms with Crippen molar-refractivity contribution in [3.8, 4) is 0 Å². The lowest BCUT2D eigenvalue weighted by Crippen LogP contribution is -2.17. The predicted octanol–water partition coefficient (Wildman–Crippen LogP) is 2.07. The fourth-order valence-electron chi connectivity index (χ4n) is 2.39.